The zero-order valence-electron chi connectivity index (χ0n) is 10.3. The van der Waals surface area contributed by atoms with Crippen molar-refractivity contribution in [3.05, 3.63) is 47.5 Å². The van der Waals surface area contributed by atoms with E-state index in [-0.39, 0.29) is 0 Å². The highest BCUT2D eigenvalue weighted by Crippen LogP contribution is 2.29. The first-order chi connectivity index (χ1) is 8.95. The largest absolute Gasteiger partial charge is 0.416 e. The molecule has 102 valence electrons. The van der Waals surface area contributed by atoms with Crippen LogP contribution in [0, 0.1) is 0 Å². The highest BCUT2D eigenvalue weighted by Gasteiger charge is 2.30. The zero-order valence-corrected chi connectivity index (χ0v) is 10.3. The average Bonchev–Trinajstić information content (AvgIpc) is 2.74. The molecule has 0 aliphatic heterocycles. The molecule has 1 N–H and O–H groups in total. The summed E-state index contributed by atoms with van der Waals surface area (Å²) in [4.78, 5) is 4.01. The van der Waals surface area contributed by atoms with Crippen LogP contribution in [0.25, 0.3) is 0 Å². The number of halogens is 3. The van der Waals surface area contributed by atoms with Gasteiger partial charge in [-0.05, 0) is 11.6 Å². The first-order valence-electron chi connectivity index (χ1n) is 5.66. The lowest BCUT2D eigenvalue weighted by Gasteiger charge is -2.08. The minimum Gasteiger partial charge on any atom is -0.306 e. The van der Waals surface area contributed by atoms with Crippen molar-refractivity contribution in [1.82, 2.24) is 20.1 Å². The maximum atomic E-state index is 12.5. The van der Waals surface area contributed by atoms with Crippen molar-refractivity contribution in [2.75, 3.05) is 0 Å². The number of benzene rings is 1. The Morgan fingerprint density at radius 1 is 1.26 bits per heavy atom. The Morgan fingerprint density at radius 3 is 2.68 bits per heavy atom. The molecular formula is C12H13F3N4. The smallest absolute Gasteiger partial charge is 0.306 e. The number of hydrogen-bond acceptors (Lipinski definition) is 3. The van der Waals surface area contributed by atoms with Gasteiger partial charge in [-0.2, -0.15) is 18.3 Å². The third-order valence-corrected chi connectivity index (χ3v) is 2.51. The normalized spacial score (nSPS) is 11.8. The molecule has 0 atom stereocenters. The molecule has 0 radical (unpaired) electrons. The Morgan fingerprint density at radius 2 is 2.05 bits per heavy atom. The summed E-state index contributed by atoms with van der Waals surface area (Å²) in [6.45, 7) is 0.749. The number of nitrogens with one attached hydrogen (secondary N) is 1. The van der Waals surface area contributed by atoms with Crippen LogP contribution in [0.1, 0.15) is 17.0 Å². The second-order valence-corrected chi connectivity index (χ2v) is 4.14. The molecule has 0 aliphatic carbocycles. The molecule has 0 saturated heterocycles. The summed E-state index contributed by atoms with van der Waals surface area (Å²) in [5.41, 5.74) is -0.0616. The molecule has 0 aliphatic rings. The van der Waals surface area contributed by atoms with Gasteiger partial charge in [-0.1, -0.05) is 18.2 Å². The van der Waals surface area contributed by atoms with Crippen molar-refractivity contribution in [1.29, 1.82) is 0 Å². The summed E-state index contributed by atoms with van der Waals surface area (Å²) in [7, 11) is 1.75. The summed E-state index contributed by atoms with van der Waals surface area (Å²) in [5.74, 6) is 0.606. The van der Waals surface area contributed by atoms with Crippen molar-refractivity contribution in [3.63, 3.8) is 0 Å². The van der Waals surface area contributed by atoms with E-state index in [0.29, 0.717) is 24.5 Å². The number of aromatic nitrogens is 3. The number of nitrogens with zero attached hydrogens (tertiary/aromatic N) is 3. The van der Waals surface area contributed by atoms with E-state index in [4.69, 9.17) is 0 Å². The predicted molar refractivity (Wildman–Crippen MR) is 63.0 cm³/mol. The molecule has 19 heavy (non-hydrogen) atoms. The summed E-state index contributed by atoms with van der Waals surface area (Å²) >= 11 is 0. The standard InChI is InChI=1S/C12H13F3N4/c1-19-8-17-11(18-19)7-16-6-9-3-2-4-10(5-9)12(13,14)15/h2-5,8,16H,6-7H2,1H3. The third kappa shape index (κ3) is 3.78. The van der Waals surface area contributed by atoms with E-state index in [2.05, 4.69) is 15.4 Å². The molecule has 0 spiro atoms. The van der Waals surface area contributed by atoms with E-state index < -0.39 is 11.7 Å². The topological polar surface area (TPSA) is 42.7 Å². The van der Waals surface area contributed by atoms with Crippen LogP contribution in [0.3, 0.4) is 0 Å². The molecule has 0 bridgehead atoms. The van der Waals surface area contributed by atoms with Crippen LogP contribution >= 0.6 is 0 Å². The van der Waals surface area contributed by atoms with Crippen molar-refractivity contribution in [2.45, 2.75) is 19.3 Å². The third-order valence-electron chi connectivity index (χ3n) is 2.51. The van der Waals surface area contributed by atoms with E-state index in [9.17, 15) is 13.2 Å². The van der Waals surface area contributed by atoms with Gasteiger partial charge < -0.3 is 5.32 Å². The number of hydrogen-bond donors (Lipinski definition) is 1. The lowest BCUT2D eigenvalue weighted by Crippen LogP contribution is -2.15. The first kappa shape index (κ1) is 13.5. The summed E-state index contributed by atoms with van der Waals surface area (Å²) < 4.78 is 39.1. The Bertz CT molecular complexity index is 548. The molecule has 1 aromatic heterocycles. The number of alkyl halides is 3. The second kappa shape index (κ2) is 5.40. The minimum absolute atomic E-state index is 0.335. The molecule has 0 fully saturated rings. The van der Waals surface area contributed by atoms with Gasteiger partial charge in [-0.25, -0.2) is 4.98 Å². The molecule has 0 saturated carbocycles. The molecule has 1 aromatic carbocycles. The lowest BCUT2D eigenvalue weighted by molar-refractivity contribution is -0.137. The highest BCUT2D eigenvalue weighted by molar-refractivity contribution is 5.25. The van der Waals surface area contributed by atoms with E-state index in [1.165, 1.54) is 6.07 Å². The van der Waals surface area contributed by atoms with Crippen molar-refractivity contribution < 1.29 is 13.2 Å². The molecule has 0 unspecified atom stereocenters. The Kier molecular flexibility index (Phi) is 3.84. The number of aryl methyl sites for hydroxylation is 1. The van der Waals surface area contributed by atoms with Crippen LogP contribution in [0.15, 0.2) is 30.6 Å². The molecule has 7 heteroatoms. The van der Waals surface area contributed by atoms with Crippen LogP contribution in [0.2, 0.25) is 0 Å². The van der Waals surface area contributed by atoms with Crippen LogP contribution < -0.4 is 5.32 Å². The van der Waals surface area contributed by atoms with E-state index in [1.54, 1.807) is 24.1 Å². The fourth-order valence-electron chi connectivity index (χ4n) is 1.64. The zero-order chi connectivity index (χ0) is 13.9. The molecule has 2 aromatic rings. The summed E-state index contributed by atoms with van der Waals surface area (Å²) in [6, 6.07) is 5.25. The van der Waals surface area contributed by atoms with E-state index in [0.717, 1.165) is 12.1 Å². The van der Waals surface area contributed by atoms with Crippen molar-refractivity contribution >= 4 is 0 Å². The summed E-state index contributed by atoms with van der Waals surface area (Å²) in [5, 5.41) is 7.07. The van der Waals surface area contributed by atoms with E-state index in [1.807, 2.05) is 0 Å². The molecular weight excluding hydrogens is 257 g/mol. The number of rotatable bonds is 4. The van der Waals surface area contributed by atoms with Gasteiger partial charge in [0, 0.05) is 13.6 Å². The fourth-order valence-corrected chi connectivity index (χ4v) is 1.64. The Hall–Kier alpha value is -1.89. The Balaban J connectivity index is 1.93. The van der Waals surface area contributed by atoms with Crippen molar-refractivity contribution in [3.8, 4) is 0 Å². The van der Waals surface area contributed by atoms with Gasteiger partial charge in [0.25, 0.3) is 0 Å². The predicted octanol–water partition coefficient (Wildman–Crippen LogP) is 2.12. The lowest BCUT2D eigenvalue weighted by atomic mass is 10.1. The van der Waals surface area contributed by atoms with Crippen molar-refractivity contribution in [2.24, 2.45) is 7.05 Å². The van der Waals surface area contributed by atoms with Crippen LogP contribution in [-0.4, -0.2) is 14.8 Å². The molecule has 0 amide bonds. The highest BCUT2D eigenvalue weighted by atomic mass is 19.4. The minimum atomic E-state index is -4.31. The van der Waals surface area contributed by atoms with Gasteiger partial charge in [-0.3, -0.25) is 4.68 Å². The van der Waals surface area contributed by atoms with Gasteiger partial charge in [-0.15, -0.1) is 0 Å². The Labute approximate surface area is 108 Å². The average molecular weight is 270 g/mol. The fraction of sp³-hybridized carbons (Fsp3) is 0.333. The van der Waals surface area contributed by atoms with Gasteiger partial charge in [0.15, 0.2) is 5.82 Å². The van der Waals surface area contributed by atoms with Crippen LogP contribution in [0.5, 0.6) is 0 Å². The van der Waals surface area contributed by atoms with Gasteiger partial charge in [0.1, 0.15) is 6.33 Å². The maximum Gasteiger partial charge on any atom is 0.416 e. The second-order valence-electron chi connectivity index (χ2n) is 4.14. The first-order valence-corrected chi connectivity index (χ1v) is 5.66. The summed E-state index contributed by atoms with van der Waals surface area (Å²) in [6.07, 6.45) is -2.74. The monoisotopic (exact) mass is 270 g/mol. The molecule has 2 rings (SSSR count). The van der Waals surface area contributed by atoms with Gasteiger partial charge >= 0.3 is 6.18 Å². The quantitative estimate of drug-likeness (QED) is 0.925. The SMILES string of the molecule is Cn1cnc(CNCc2cccc(C(F)(F)F)c2)n1. The van der Waals surface area contributed by atoms with E-state index >= 15 is 0 Å². The van der Waals surface area contributed by atoms with Gasteiger partial charge in [0.2, 0.25) is 0 Å². The maximum absolute atomic E-state index is 12.5. The van der Waals surface area contributed by atoms with Gasteiger partial charge in [0.05, 0.1) is 12.1 Å². The van der Waals surface area contributed by atoms with Crippen LogP contribution in [0.4, 0.5) is 13.2 Å². The molecule has 4 nitrogen and oxygen atoms in total. The van der Waals surface area contributed by atoms with Crippen LogP contribution in [-0.2, 0) is 26.3 Å². The molecule has 1 heterocycles.